The van der Waals surface area contributed by atoms with Crippen LogP contribution in [0.4, 0.5) is 0 Å². The second-order valence-electron chi connectivity index (χ2n) is 3.87. The minimum Gasteiger partial charge on any atom is -0.357 e. The molecule has 0 aliphatic rings. The Morgan fingerprint density at radius 3 is 2.47 bits per heavy atom. The summed E-state index contributed by atoms with van der Waals surface area (Å²) in [6.45, 7) is 3.86. The Bertz CT molecular complexity index is 621. The van der Waals surface area contributed by atoms with Gasteiger partial charge in [-0.3, -0.25) is 0 Å². The lowest BCUT2D eigenvalue weighted by Crippen LogP contribution is -1.83. The summed E-state index contributed by atoms with van der Waals surface area (Å²) in [6.07, 6.45) is 0. The number of H-pyrrole nitrogens is 1. The number of aromatic nitrogens is 1. The third-order valence-corrected chi connectivity index (χ3v) is 3.56. The lowest BCUT2D eigenvalue weighted by molar-refractivity contribution is 1.23. The van der Waals surface area contributed by atoms with Crippen molar-refractivity contribution >= 4 is 23.2 Å². The van der Waals surface area contributed by atoms with Crippen LogP contribution in [-0.4, -0.2) is 4.98 Å². The molecule has 0 saturated heterocycles. The molecule has 0 fully saturated rings. The average Bonchev–Trinajstić information content (AvgIpc) is 2.59. The van der Waals surface area contributed by atoms with Crippen molar-refractivity contribution < 1.29 is 0 Å². The summed E-state index contributed by atoms with van der Waals surface area (Å²) in [5.41, 5.74) is 4.27. The van der Waals surface area contributed by atoms with Crippen LogP contribution in [0.1, 0.15) is 16.8 Å². The maximum atomic E-state index is 9.17. The van der Waals surface area contributed by atoms with E-state index in [0.717, 1.165) is 22.5 Å². The molecule has 0 atom stereocenters. The van der Waals surface area contributed by atoms with E-state index in [1.807, 2.05) is 19.9 Å². The zero-order chi connectivity index (χ0) is 12.6. The SMILES string of the molecule is Cc1[nH]c(-c2ccc(Cl)c(Cl)c2)c(C#N)c1C. The molecule has 0 aliphatic heterocycles. The van der Waals surface area contributed by atoms with Crippen molar-refractivity contribution in [2.24, 2.45) is 0 Å². The molecule has 4 heteroatoms. The van der Waals surface area contributed by atoms with Gasteiger partial charge in [0.05, 0.1) is 21.3 Å². The fourth-order valence-corrected chi connectivity index (χ4v) is 2.02. The predicted octanol–water partition coefficient (Wildman–Crippen LogP) is 4.48. The number of nitrogens with zero attached hydrogens (tertiary/aromatic N) is 1. The molecule has 2 aromatic rings. The fourth-order valence-electron chi connectivity index (χ4n) is 1.73. The highest BCUT2D eigenvalue weighted by molar-refractivity contribution is 6.42. The van der Waals surface area contributed by atoms with Crippen LogP contribution in [0.5, 0.6) is 0 Å². The molecule has 0 radical (unpaired) electrons. The second-order valence-corrected chi connectivity index (χ2v) is 4.68. The lowest BCUT2D eigenvalue weighted by atomic mass is 10.1. The Morgan fingerprint density at radius 1 is 1.18 bits per heavy atom. The highest BCUT2D eigenvalue weighted by Gasteiger charge is 2.13. The number of aromatic amines is 1. The van der Waals surface area contributed by atoms with Gasteiger partial charge in [0, 0.05) is 11.3 Å². The molecule has 0 bridgehead atoms. The average molecular weight is 265 g/mol. The first-order chi connectivity index (χ1) is 8.04. The third kappa shape index (κ3) is 2.04. The van der Waals surface area contributed by atoms with E-state index in [2.05, 4.69) is 11.1 Å². The van der Waals surface area contributed by atoms with Crippen LogP contribution in [0, 0.1) is 25.2 Å². The lowest BCUT2D eigenvalue weighted by Gasteiger charge is -2.02. The highest BCUT2D eigenvalue weighted by atomic mass is 35.5. The molecule has 2 rings (SSSR count). The van der Waals surface area contributed by atoms with E-state index in [4.69, 9.17) is 28.5 Å². The van der Waals surface area contributed by atoms with E-state index in [9.17, 15) is 0 Å². The van der Waals surface area contributed by atoms with Crippen molar-refractivity contribution in [1.82, 2.24) is 4.98 Å². The van der Waals surface area contributed by atoms with Crippen molar-refractivity contribution in [3.05, 3.63) is 45.1 Å². The number of hydrogen-bond acceptors (Lipinski definition) is 1. The van der Waals surface area contributed by atoms with E-state index in [0.29, 0.717) is 15.6 Å². The molecule has 86 valence electrons. The van der Waals surface area contributed by atoms with E-state index in [1.54, 1.807) is 12.1 Å². The molecule has 2 nitrogen and oxygen atoms in total. The molecule has 1 heterocycles. The Labute approximate surface area is 110 Å². The van der Waals surface area contributed by atoms with Crippen LogP contribution in [-0.2, 0) is 0 Å². The molecule has 17 heavy (non-hydrogen) atoms. The maximum absolute atomic E-state index is 9.17. The van der Waals surface area contributed by atoms with Gasteiger partial charge in [-0.05, 0) is 31.5 Å². The first kappa shape index (κ1) is 12.0. The Morgan fingerprint density at radius 2 is 1.88 bits per heavy atom. The summed E-state index contributed by atoms with van der Waals surface area (Å²) >= 11 is 11.8. The largest absolute Gasteiger partial charge is 0.357 e. The summed E-state index contributed by atoms with van der Waals surface area (Å²) in [4.78, 5) is 3.20. The molecule has 0 amide bonds. The van der Waals surface area contributed by atoms with E-state index in [-0.39, 0.29) is 0 Å². The van der Waals surface area contributed by atoms with Gasteiger partial charge in [-0.2, -0.15) is 5.26 Å². The number of nitriles is 1. The monoisotopic (exact) mass is 264 g/mol. The highest BCUT2D eigenvalue weighted by Crippen LogP contribution is 2.31. The minimum atomic E-state index is 0.484. The van der Waals surface area contributed by atoms with Gasteiger partial charge in [-0.1, -0.05) is 29.3 Å². The first-order valence-electron chi connectivity index (χ1n) is 5.09. The van der Waals surface area contributed by atoms with Gasteiger partial charge >= 0.3 is 0 Å². The second kappa shape index (κ2) is 4.44. The number of nitrogens with one attached hydrogen (secondary N) is 1. The van der Waals surface area contributed by atoms with Crippen LogP contribution in [0.15, 0.2) is 18.2 Å². The number of hydrogen-bond donors (Lipinski definition) is 1. The molecule has 0 saturated carbocycles. The van der Waals surface area contributed by atoms with Crippen LogP contribution in [0.3, 0.4) is 0 Å². The van der Waals surface area contributed by atoms with Crippen molar-refractivity contribution in [3.8, 4) is 17.3 Å². The van der Waals surface area contributed by atoms with Gasteiger partial charge < -0.3 is 4.98 Å². The molecule has 0 unspecified atom stereocenters. The molecule has 1 aromatic heterocycles. The quantitative estimate of drug-likeness (QED) is 0.811. The van der Waals surface area contributed by atoms with Crippen molar-refractivity contribution in [1.29, 1.82) is 5.26 Å². The first-order valence-corrected chi connectivity index (χ1v) is 5.85. The van der Waals surface area contributed by atoms with E-state index in [1.165, 1.54) is 0 Å². The summed E-state index contributed by atoms with van der Waals surface area (Å²) in [5.74, 6) is 0. The third-order valence-electron chi connectivity index (χ3n) is 2.82. The topological polar surface area (TPSA) is 39.6 Å². The van der Waals surface area contributed by atoms with Crippen LogP contribution in [0.25, 0.3) is 11.3 Å². The minimum absolute atomic E-state index is 0.484. The van der Waals surface area contributed by atoms with Crippen LogP contribution < -0.4 is 0 Å². The summed E-state index contributed by atoms with van der Waals surface area (Å²) < 4.78 is 0. The molecular formula is C13H10Cl2N2. The molecular weight excluding hydrogens is 255 g/mol. The smallest absolute Gasteiger partial charge is 0.102 e. The van der Waals surface area contributed by atoms with E-state index >= 15 is 0 Å². The van der Waals surface area contributed by atoms with E-state index < -0.39 is 0 Å². The van der Waals surface area contributed by atoms with Crippen LogP contribution in [0.2, 0.25) is 10.0 Å². The fraction of sp³-hybridized carbons (Fsp3) is 0.154. The maximum Gasteiger partial charge on any atom is 0.102 e. The van der Waals surface area contributed by atoms with Crippen LogP contribution >= 0.6 is 23.2 Å². The molecule has 1 N–H and O–H groups in total. The number of aryl methyl sites for hydroxylation is 1. The number of benzene rings is 1. The molecule has 1 aromatic carbocycles. The Kier molecular flexibility index (Phi) is 3.15. The van der Waals surface area contributed by atoms with Gasteiger partial charge in [-0.25, -0.2) is 0 Å². The normalized spacial score (nSPS) is 10.3. The summed E-state index contributed by atoms with van der Waals surface area (Å²) in [7, 11) is 0. The zero-order valence-electron chi connectivity index (χ0n) is 9.44. The summed E-state index contributed by atoms with van der Waals surface area (Å²) in [5, 5.41) is 10.2. The van der Waals surface area contributed by atoms with Gasteiger partial charge in [0.1, 0.15) is 6.07 Å². The molecule has 0 spiro atoms. The summed E-state index contributed by atoms with van der Waals surface area (Å²) in [6, 6.07) is 7.54. The number of rotatable bonds is 1. The predicted molar refractivity (Wildman–Crippen MR) is 70.4 cm³/mol. The van der Waals surface area contributed by atoms with Gasteiger partial charge in [0.15, 0.2) is 0 Å². The Hall–Kier alpha value is -1.43. The van der Waals surface area contributed by atoms with Gasteiger partial charge in [-0.15, -0.1) is 0 Å². The van der Waals surface area contributed by atoms with Crippen molar-refractivity contribution in [3.63, 3.8) is 0 Å². The Balaban J connectivity index is 2.65. The standard InChI is InChI=1S/C13H10Cl2N2/c1-7-8(2)17-13(10(7)6-16)9-3-4-11(14)12(15)5-9/h3-5,17H,1-2H3. The van der Waals surface area contributed by atoms with Crippen molar-refractivity contribution in [2.75, 3.05) is 0 Å². The number of halogens is 2. The zero-order valence-corrected chi connectivity index (χ0v) is 10.9. The van der Waals surface area contributed by atoms with Gasteiger partial charge in [0.25, 0.3) is 0 Å². The van der Waals surface area contributed by atoms with Crippen molar-refractivity contribution in [2.45, 2.75) is 13.8 Å². The molecule has 0 aliphatic carbocycles. The van der Waals surface area contributed by atoms with Gasteiger partial charge in [0.2, 0.25) is 0 Å².